The van der Waals surface area contributed by atoms with Crippen molar-refractivity contribution in [3.8, 4) is 11.1 Å². The van der Waals surface area contributed by atoms with Crippen molar-refractivity contribution in [2.24, 2.45) is 11.7 Å². The highest BCUT2D eigenvalue weighted by atomic mass is 16.6. The molecule has 3 N–H and O–H groups in total. The summed E-state index contributed by atoms with van der Waals surface area (Å²) in [6.45, 7) is 2.63. The summed E-state index contributed by atoms with van der Waals surface area (Å²) in [6.07, 6.45) is 3.60. The van der Waals surface area contributed by atoms with Crippen LogP contribution in [-0.4, -0.2) is 55.0 Å². The molecular formula is C26H31N3O4. The molecule has 7 heteroatoms. The van der Waals surface area contributed by atoms with Crippen LogP contribution in [0.3, 0.4) is 0 Å². The lowest BCUT2D eigenvalue weighted by Gasteiger charge is -2.32. The first kappa shape index (κ1) is 23.0. The molecule has 0 atom stereocenters. The second-order valence-corrected chi connectivity index (χ2v) is 8.81. The summed E-state index contributed by atoms with van der Waals surface area (Å²) < 4.78 is 10.9. The van der Waals surface area contributed by atoms with E-state index in [2.05, 4.69) is 0 Å². The average Bonchev–Trinajstić information content (AvgIpc) is 2.85. The van der Waals surface area contributed by atoms with Crippen LogP contribution in [-0.2, 0) is 14.3 Å². The number of benzene rings is 2. The van der Waals surface area contributed by atoms with Gasteiger partial charge in [-0.15, -0.1) is 0 Å². The number of amidine groups is 1. The molecule has 2 saturated heterocycles. The molecule has 4 rings (SSSR count). The standard InChI is InChI=1S/C26H31N3O4/c27-25(28)21-5-1-19(2-6-21)20-3-7-22(8-4-20)26(31)29-13-9-18(10-14-29)17-24(30)33-23-11-15-32-16-12-23/h1-8,18,23H,9-17H2,(H3,27,28). The number of hydrogen-bond acceptors (Lipinski definition) is 5. The number of likely N-dealkylation sites (tertiary alicyclic amines) is 1. The lowest BCUT2D eigenvalue weighted by molar-refractivity contribution is -0.154. The summed E-state index contributed by atoms with van der Waals surface area (Å²) in [4.78, 5) is 27.1. The minimum absolute atomic E-state index is 0.0111. The third-order valence-corrected chi connectivity index (χ3v) is 6.48. The number of piperidine rings is 1. The third-order valence-electron chi connectivity index (χ3n) is 6.48. The SMILES string of the molecule is N=C(N)c1ccc(-c2ccc(C(=O)N3CCC(CC(=O)OC4CCOCC4)CC3)cc2)cc1. The second-order valence-electron chi connectivity index (χ2n) is 8.81. The summed E-state index contributed by atoms with van der Waals surface area (Å²) >= 11 is 0. The van der Waals surface area contributed by atoms with E-state index in [1.165, 1.54) is 0 Å². The van der Waals surface area contributed by atoms with Crippen LogP contribution in [0.25, 0.3) is 11.1 Å². The van der Waals surface area contributed by atoms with E-state index in [0.29, 0.717) is 43.9 Å². The summed E-state index contributed by atoms with van der Waals surface area (Å²) in [5, 5.41) is 7.49. The molecule has 2 aliphatic rings. The molecule has 2 aromatic carbocycles. The number of rotatable bonds is 6. The highest BCUT2D eigenvalue weighted by molar-refractivity contribution is 5.96. The van der Waals surface area contributed by atoms with Gasteiger partial charge in [-0.25, -0.2) is 0 Å². The Morgan fingerprint density at radius 1 is 0.909 bits per heavy atom. The monoisotopic (exact) mass is 449 g/mol. The van der Waals surface area contributed by atoms with Gasteiger partial charge in [0.1, 0.15) is 11.9 Å². The van der Waals surface area contributed by atoms with Gasteiger partial charge in [0.05, 0.1) is 13.2 Å². The molecule has 174 valence electrons. The fraction of sp³-hybridized carbons (Fsp3) is 0.423. The van der Waals surface area contributed by atoms with Gasteiger partial charge in [-0.05, 0) is 42.0 Å². The van der Waals surface area contributed by atoms with Gasteiger partial charge in [-0.3, -0.25) is 15.0 Å². The molecule has 2 heterocycles. The van der Waals surface area contributed by atoms with Crippen molar-refractivity contribution < 1.29 is 19.1 Å². The van der Waals surface area contributed by atoms with Crippen LogP contribution in [0.1, 0.15) is 48.0 Å². The maximum Gasteiger partial charge on any atom is 0.306 e. The average molecular weight is 450 g/mol. The smallest absolute Gasteiger partial charge is 0.306 e. The quantitative estimate of drug-likeness (QED) is 0.398. The number of esters is 1. The number of carbonyl (C=O) groups excluding carboxylic acids is 2. The van der Waals surface area contributed by atoms with Crippen molar-refractivity contribution in [2.45, 2.75) is 38.2 Å². The predicted octanol–water partition coefficient (Wildman–Crippen LogP) is 3.60. The number of nitrogens with zero attached hydrogens (tertiary/aromatic N) is 1. The van der Waals surface area contributed by atoms with E-state index in [-0.39, 0.29) is 29.7 Å². The Bertz CT molecular complexity index is 974. The maximum atomic E-state index is 12.9. The predicted molar refractivity (Wildman–Crippen MR) is 126 cm³/mol. The summed E-state index contributed by atoms with van der Waals surface area (Å²) in [5.41, 5.74) is 8.87. The lowest BCUT2D eigenvalue weighted by atomic mass is 9.93. The Morgan fingerprint density at radius 2 is 1.45 bits per heavy atom. The van der Waals surface area contributed by atoms with Crippen LogP contribution in [0.5, 0.6) is 0 Å². The molecule has 2 fully saturated rings. The Hall–Kier alpha value is -3.19. The molecule has 0 radical (unpaired) electrons. The molecular weight excluding hydrogens is 418 g/mol. The van der Waals surface area contributed by atoms with E-state index in [1.54, 1.807) is 0 Å². The van der Waals surface area contributed by atoms with Gasteiger partial charge >= 0.3 is 5.97 Å². The molecule has 2 aliphatic heterocycles. The van der Waals surface area contributed by atoms with E-state index >= 15 is 0 Å². The van der Waals surface area contributed by atoms with E-state index in [0.717, 1.165) is 36.8 Å². The van der Waals surface area contributed by atoms with Crippen molar-refractivity contribution in [3.05, 3.63) is 59.7 Å². The topological polar surface area (TPSA) is 106 Å². The molecule has 0 aromatic heterocycles. The number of nitrogen functional groups attached to an aromatic ring is 1. The first-order chi connectivity index (χ1) is 16.0. The van der Waals surface area contributed by atoms with Crippen molar-refractivity contribution in [1.29, 1.82) is 5.41 Å². The maximum absolute atomic E-state index is 12.9. The fourth-order valence-corrected chi connectivity index (χ4v) is 4.43. The molecule has 0 saturated carbocycles. The highest BCUT2D eigenvalue weighted by Crippen LogP contribution is 2.25. The first-order valence-corrected chi connectivity index (χ1v) is 11.6. The molecule has 0 unspecified atom stereocenters. The Labute approximate surface area is 194 Å². The number of nitrogens with two attached hydrogens (primary N) is 1. The molecule has 33 heavy (non-hydrogen) atoms. The first-order valence-electron chi connectivity index (χ1n) is 11.6. The fourth-order valence-electron chi connectivity index (χ4n) is 4.43. The van der Waals surface area contributed by atoms with Crippen LogP contribution in [0.15, 0.2) is 48.5 Å². The van der Waals surface area contributed by atoms with Gasteiger partial charge in [0.15, 0.2) is 0 Å². The normalized spacial score (nSPS) is 17.5. The Balaban J connectivity index is 1.26. The summed E-state index contributed by atoms with van der Waals surface area (Å²) in [6, 6.07) is 15.1. The number of nitrogens with one attached hydrogen (secondary N) is 1. The zero-order valence-electron chi connectivity index (χ0n) is 18.8. The van der Waals surface area contributed by atoms with Gasteiger partial charge in [0.2, 0.25) is 0 Å². The van der Waals surface area contributed by atoms with E-state index in [1.807, 2.05) is 53.4 Å². The number of amides is 1. The molecule has 0 spiro atoms. The second kappa shape index (κ2) is 10.6. The van der Waals surface area contributed by atoms with Gasteiger partial charge in [-0.1, -0.05) is 36.4 Å². The van der Waals surface area contributed by atoms with Gasteiger partial charge in [-0.2, -0.15) is 0 Å². The Kier molecular flexibility index (Phi) is 7.40. The zero-order valence-corrected chi connectivity index (χ0v) is 18.8. The van der Waals surface area contributed by atoms with Crippen LogP contribution in [0, 0.1) is 11.3 Å². The summed E-state index contributed by atoms with van der Waals surface area (Å²) in [7, 11) is 0. The molecule has 0 aliphatic carbocycles. The number of carbonyl (C=O) groups is 2. The third kappa shape index (κ3) is 5.99. The molecule has 0 bridgehead atoms. The van der Waals surface area contributed by atoms with E-state index in [4.69, 9.17) is 20.6 Å². The van der Waals surface area contributed by atoms with Crippen LogP contribution < -0.4 is 5.73 Å². The van der Waals surface area contributed by atoms with Crippen molar-refractivity contribution in [1.82, 2.24) is 4.90 Å². The minimum atomic E-state index is -0.126. The van der Waals surface area contributed by atoms with E-state index in [9.17, 15) is 9.59 Å². The Morgan fingerprint density at radius 3 is 2.00 bits per heavy atom. The van der Waals surface area contributed by atoms with Crippen LogP contribution in [0.2, 0.25) is 0 Å². The van der Waals surface area contributed by atoms with Crippen LogP contribution in [0.4, 0.5) is 0 Å². The van der Waals surface area contributed by atoms with Crippen molar-refractivity contribution in [2.75, 3.05) is 26.3 Å². The van der Waals surface area contributed by atoms with Gasteiger partial charge in [0, 0.05) is 43.5 Å². The van der Waals surface area contributed by atoms with Crippen molar-refractivity contribution in [3.63, 3.8) is 0 Å². The molecule has 1 amide bonds. The summed E-state index contributed by atoms with van der Waals surface area (Å²) in [5.74, 6) is 0.208. The van der Waals surface area contributed by atoms with Gasteiger partial charge in [0.25, 0.3) is 5.91 Å². The zero-order chi connectivity index (χ0) is 23.2. The van der Waals surface area contributed by atoms with Crippen molar-refractivity contribution >= 4 is 17.7 Å². The minimum Gasteiger partial charge on any atom is -0.462 e. The number of hydrogen-bond donors (Lipinski definition) is 2. The highest BCUT2D eigenvalue weighted by Gasteiger charge is 2.27. The number of ether oxygens (including phenoxy) is 2. The molecule has 2 aromatic rings. The largest absolute Gasteiger partial charge is 0.462 e. The molecule has 7 nitrogen and oxygen atoms in total. The van der Waals surface area contributed by atoms with Gasteiger partial charge < -0.3 is 20.1 Å². The van der Waals surface area contributed by atoms with Crippen LogP contribution >= 0.6 is 0 Å². The van der Waals surface area contributed by atoms with E-state index < -0.39 is 0 Å². The lowest BCUT2D eigenvalue weighted by Crippen LogP contribution is -2.39.